The molecule has 17 heavy (non-hydrogen) atoms. The Kier molecular flexibility index (Phi) is 3.59. The summed E-state index contributed by atoms with van der Waals surface area (Å²) in [6.07, 6.45) is -8.28. The normalized spacial score (nSPS) is 11.6. The summed E-state index contributed by atoms with van der Waals surface area (Å²) in [6.45, 7) is 0. The Balaban J connectivity index is 3.56. The molecule has 1 aromatic carbocycles. The average molecular weight is 252 g/mol. The van der Waals surface area contributed by atoms with Gasteiger partial charge in [-0.05, 0) is 12.1 Å². The van der Waals surface area contributed by atoms with Crippen LogP contribution in [0.25, 0.3) is 0 Å². The number of carbonyl (C=O) groups excluding carboxylic acids is 2. The average Bonchev–Trinajstić information content (AvgIpc) is 2.25. The summed E-state index contributed by atoms with van der Waals surface area (Å²) in [6, 6.07) is 0.586. The van der Waals surface area contributed by atoms with Gasteiger partial charge >= 0.3 is 6.18 Å². The summed E-state index contributed by atoms with van der Waals surface area (Å²) in [4.78, 5) is 20.9. The summed E-state index contributed by atoms with van der Waals surface area (Å²) < 4.78 is 62.0. The topological polar surface area (TPSA) is 34.1 Å². The van der Waals surface area contributed by atoms with E-state index in [0.29, 0.717) is 12.1 Å². The van der Waals surface area contributed by atoms with Crippen LogP contribution >= 0.6 is 0 Å². The molecular weight excluding hydrogens is 247 g/mol. The minimum absolute atomic E-state index is 0.135. The molecule has 7 heteroatoms. The van der Waals surface area contributed by atoms with Gasteiger partial charge in [0, 0.05) is 16.7 Å². The van der Waals surface area contributed by atoms with Crippen molar-refractivity contribution in [2.24, 2.45) is 0 Å². The minimum Gasteiger partial charge on any atom is -0.298 e. The van der Waals surface area contributed by atoms with Crippen molar-refractivity contribution in [3.63, 3.8) is 0 Å². The summed E-state index contributed by atoms with van der Waals surface area (Å²) in [5.74, 6) is 0. The molecule has 0 amide bonds. The zero-order valence-electron chi connectivity index (χ0n) is 8.09. The van der Waals surface area contributed by atoms with E-state index in [1.165, 1.54) is 0 Å². The predicted octanol–water partition coefficient (Wildman–Crippen LogP) is 3.27. The Morgan fingerprint density at radius 3 is 1.65 bits per heavy atom. The first-order valence-electron chi connectivity index (χ1n) is 4.25. The number of alkyl halides is 5. The Morgan fingerprint density at radius 2 is 1.41 bits per heavy atom. The van der Waals surface area contributed by atoms with Crippen LogP contribution < -0.4 is 0 Å². The van der Waals surface area contributed by atoms with Crippen molar-refractivity contribution in [1.82, 2.24) is 0 Å². The van der Waals surface area contributed by atoms with E-state index < -0.39 is 34.9 Å². The molecule has 0 heterocycles. The number of aldehydes is 2. The number of hydrogen-bond donors (Lipinski definition) is 0. The van der Waals surface area contributed by atoms with E-state index in [2.05, 4.69) is 0 Å². The molecule has 0 spiro atoms. The first-order valence-corrected chi connectivity index (χ1v) is 4.25. The second kappa shape index (κ2) is 4.60. The molecule has 1 aromatic rings. The molecular formula is C10H5F5O2. The van der Waals surface area contributed by atoms with Gasteiger partial charge in [0.25, 0.3) is 6.43 Å². The maximum atomic E-state index is 12.5. The molecule has 0 unspecified atom stereocenters. The summed E-state index contributed by atoms with van der Waals surface area (Å²) in [5, 5.41) is 0. The standard InChI is InChI=1S/C10H5F5O2/c11-9(12)8-5(3-16)1-7(10(13,14)15)2-6(8)4-17/h1-4,9H. The lowest BCUT2D eigenvalue weighted by molar-refractivity contribution is -0.137. The summed E-state index contributed by atoms with van der Waals surface area (Å²) in [7, 11) is 0. The highest BCUT2D eigenvalue weighted by molar-refractivity contribution is 5.86. The molecule has 0 fully saturated rings. The molecule has 0 radical (unpaired) electrons. The molecule has 0 saturated carbocycles. The van der Waals surface area contributed by atoms with E-state index in [-0.39, 0.29) is 12.6 Å². The quantitative estimate of drug-likeness (QED) is 0.611. The maximum absolute atomic E-state index is 12.5. The van der Waals surface area contributed by atoms with Crippen molar-refractivity contribution < 1.29 is 31.5 Å². The van der Waals surface area contributed by atoms with Crippen LogP contribution in [0.1, 0.15) is 38.3 Å². The van der Waals surface area contributed by atoms with Gasteiger partial charge in [0.05, 0.1) is 5.56 Å². The molecule has 2 nitrogen and oxygen atoms in total. The van der Waals surface area contributed by atoms with Crippen LogP contribution in [0.4, 0.5) is 22.0 Å². The van der Waals surface area contributed by atoms with E-state index in [1.807, 2.05) is 0 Å². The predicted molar refractivity (Wildman–Crippen MR) is 47.2 cm³/mol. The third kappa shape index (κ3) is 2.66. The smallest absolute Gasteiger partial charge is 0.298 e. The van der Waals surface area contributed by atoms with Crippen molar-refractivity contribution in [3.8, 4) is 0 Å². The van der Waals surface area contributed by atoms with E-state index in [1.54, 1.807) is 0 Å². The molecule has 0 aromatic heterocycles. The van der Waals surface area contributed by atoms with Crippen molar-refractivity contribution >= 4 is 12.6 Å². The third-order valence-corrected chi connectivity index (χ3v) is 2.04. The number of rotatable bonds is 3. The number of carbonyl (C=O) groups is 2. The molecule has 1 rings (SSSR count). The van der Waals surface area contributed by atoms with Crippen LogP contribution in [-0.4, -0.2) is 12.6 Å². The fourth-order valence-electron chi connectivity index (χ4n) is 1.31. The van der Waals surface area contributed by atoms with E-state index >= 15 is 0 Å². The highest BCUT2D eigenvalue weighted by Gasteiger charge is 2.33. The lowest BCUT2D eigenvalue weighted by Gasteiger charge is -2.12. The lowest BCUT2D eigenvalue weighted by Crippen LogP contribution is -2.09. The maximum Gasteiger partial charge on any atom is 0.416 e. The molecule has 0 N–H and O–H groups in total. The Hall–Kier alpha value is -1.79. The van der Waals surface area contributed by atoms with Gasteiger partial charge in [-0.15, -0.1) is 0 Å². The zero-order chi connectivity index (χ0) is 13.2. The summed E-state index contributed by atoms with van der Waals surface area (Å²) >= 11 is 0. The van der Waals surface area contributed by atoms with Crippen molar-refractivity contribution in [3.05, 3.63) is 34.4 Å². The molecule has 0 atom stereocenters. The van der Waals surface area contributed by atoms with Crippen LogP contribution in [0.5, 0.6) is 0 Å². The number of benzene rings is 1. The number of hydrogen-bond acceptors (Lipinski definition) is 2. The van der Waals surface area contributed by atoms with Gasteiger partial charge in [0.2, 0.25) is 0 Å². The second-order valence-electron chi connectivity index (χ2n) is 3.10. The molecule has 0 aliphatic heterocycles. The van der Waals surface area contributed by atoms with Crippen LogP contribution in [-0.2, 0) is 6.18 Å². The first kappa shape index (κ1) is 13.3. The lowest BCUT2D eigenvalue weighted by atomic mass is 9.99. The van der Waals surface area contributed by atoms with Gasteiger partial charge in [0.15, 0.2) is 12.6 Å². The van der Waals surface area contributed by atoms with Crippen molar-refractivity contribution in [1.29, 1.82) is 0 Å². The molecule has 0 aliphatic rings. The van der Waals surface area contributed by atoms with Crippen molar-refractivity contribution in [2.75, 3.05) is 0 Å². The molecule has 0 saturated heterocycles. The Morgan fingerprint density at radius 1 is 1.00 bits per heavy atom. The van der Waals surface area contributed by atoms with Gasteiger partial charge in [-0.2, -0.15) is 13.2 Å². The summed E-state index contributed by atoms with van der Waals surface area (Å²) in [5.41, 5.74) is -3.97. The van der Waals surface area contributed by atoms with Gasteiger partial charge in [-0.3, -0.25) is 9.59 Å². The van der Waals surface area contributed by atoms with E-state index in [9.17, 15) is 31.5 Å². The Labute approximate surface area is 92.0 Å². The second-order valence-corrected chi connectivity index (χ2v) is 3.10. The molecule has 92 valence electrons. The van der Waals surface area contributed by atoms with Gasteiger partial charge in [-0.25, -0.2) is 8.78 Å². The highest BCUT2D eigenvalue weighted by atomic mass is 19.4. The fourth-order valence-corrected chi connectivity index (χ4v) is 1.31. The fraction of sp³-hybridized carbons (Fsp3) is 0.200. The highest BCUT2D eigenvalue weighted by Crippen LogP contribution is 2.34. The third-order valence-electron chi connectivity index (χ3n) is 2.04. The SMILES string of the molecule is O=Cc1cc(C(F)(F)F)cc(C=O)c1C(F)F. The first-order chi connectivity index (χ1) is 7.81. The minimum atomic E-state index is -4.81. The van der Waals surface area contributed by atoms with E-state index in [0.717, 1.165) is 0 Å². The van der Waals surface area contributed by atoms with Crippen molar-refractivity contribution in [2.45, 2.75) is 12.6 Å². The van der Waals surface area contributed by atoms with E-state index in [4.69, 9.17) is 0 Å². The molecule has 0 bridgehead atoms. The van der Waals surface area contributed by atoms with Crippen LogP contribution in [0.2, 0.25) is 0 Å². The van der Waals surface area contributed by atoms with Crippen LogP contribution in [0, 0.1) is 0 Å². The largest absolute Gasteiger partial charge is 0.416 e. The van der Waals surface area contributed by atoms with Gasteiger partial charge in [0.1, 0.15) is 0 Å². The van der Waals surface area contributed by atoms with Gasteiger partial charge in [-0.1, -0.05) is 0 Å². The van der Waals surface area contributed by atoms with Crippen LogP contribution in [0.15, 0.2) is 12.1 Å². The van der Waals surface area contributed by atoms with Gasteiger partial charge < -0.3 is 0 Å². The monoisotopic (exact) mass is 252 g/mol. The zero-order valence-corrected chi connectivity index (χ0v) is 8.09. The Bertz CT molecular complexity index is 421. The van der Waals surface area contributed by atoms with Crippen LogP contribution in [0.3, 0.4) is 0 Å². The molecule has 0 aliphatic carbocycles. The number of halogens is 5.